The fourth-order valence-corrected chi connectivity index (χ4v) is 0.686. The first kappa shape index (κ1) is 7.53. The highest BCUT2D eigenvalue weighted by molar-refractivity contribution is 5.92. The Kier molecular flexibility index (Phi) is 2.43. The first-order valence-electron chi connectivity index (χ1n) is 3.23. The van der Waals surface area contributed by atoms with E-state index in [9.17, 15) is 4.79 Å². The molecule has 1 heterocycles. The van der Waals surface area contributed by atoms with Gasteiger partial charge < -0.3 is 11.1 Å². The average molecular weight is 151 g/mol. The van der Waals surface area contributed by atoms with Crippen molar-refractivity contribution in [2.75, 3.05) is 6.54 Å². The molecule has 0 saturated carbocycles. The molecule has 0 spiro atoms. The number of amides is 1. The number of nitrogens with zero attached hydrogens (tertiary/aromatic N) is 1. The van der Waals surface area contributed by atoms with Gasteiger partial charge in [-0.2, -0.15) is 0 Å². The SMILES string of the molecule is NC(=O)C1=CC=CN=CCN1. The summed E-state index contributed by atoms with van der Waals surface area (Å²) in [4.78, 5) is 14.5. The van der Waals surface area contributed by atoms with Crippen molar-refractivity contribution in [2.24, 2.45) is 10.7 Å². The zero-order valence-electron chi connectivity index (χ0n) is 5.95. The summed E-state index contributed by atoms with van der Waals surface area (Å²) in [6.45, 7) is 0.527. The van der Waals surface area contributed by atoms with Crippen molar-refractivity contribution in [3.63, 3.8) is 0 Å². The first-order valence-corrected chi connectivity index (χ1v) is 3.23. The highest BCUT2D eigenvalue weighted by Crippen LogP contribution is 1.90. The molecule has 4 heteroatoms. The standard InChI is InChI=1S/C7H9N3O/c8-7(11)6-2-1-3-9-4-5-10-6/h1-4,10H,5H2,(H2,8,11). The Bertz CT molecular complexity index is 240. The van der Waals surface area contributed by atoms with Gasteiger partial charge in [0.2, 0.25) is 0 Å². The van der Waals surface area contributed by atoms with Crippen molar-refractivity contribution in [3.8, 4) is 0 Å². The van der Waals surface area contributed by atoms with Crippen molar-refractivity contribution in [2.45, 2.75) is 0 Å². The summed E-state index contributed by atoms with van der Waals surface area (Å²) in [5.41, 5.74) is 5.45. The molecule has 0 bridgehead atoms. The number of carbonyl (C=O) groups is 1. The van der Waals surface area contributed by atoms with E-state index in [1.54, 1.807) is 24.6 Å². The van der Waals surface area contributed by atoms with Crippen LogP contribution in [-0.4, -0.2) is 18.7 Å². The quantitative estimate of drug-likeness (QED) is 0.532. The monoisotopic (exact) mass is 151 g/mol. The lowest BCUT2D eigenvalue weighted by Gasteiger charge is -2.03. The van der Waals surface area contributed by atoms with Crippen LogP contribution in [0.2, 0.25) is 0 Å². The van der Waals surface area contributed by atoms with Crippen LogP contribution in [0.15, 0.2) is 29.0 Å². The molecule has 0 unspecified atom stereocenters. The molecule has 0 aliphatic carbocycles. The molecule has 58 valence electrons. The lowest BCUT2D eigenvalue weighted by molar-refractivity contribution is -0.114. The van der Waals surface area contributed by atoms with E-state index in [-0.39, 0.29) is 0 Å². The fraction of sp³-hybridized carbons (Fsp3) is 0.143. The molecule has 0 aromatic carbocycles. The summed E-state index contributed by atoms with van der Waals surface area (Å²) in [6.07, 6.45) is 6.51. The van der Waals surface area contributed by atoms with Gasteiger partial charge in [-0.3, -0.25) is 9.79 Å². The van der Waals surface area contributed by atoms with E-state index in [4.69, 9.17) is 5.73 Å². The molecule has 3 N–H and O–H groups in total. The molecule has 1 rings (SSSR count). The molecule has 0 fully saturated rings. The van der Waals surface area contributed by atoms with E-state index in [0.29, 0.717) is 12.2 Å². The average Bonchev–Trinajstić information content (AvgIpc) is 1.84. The Morgan fingerprint density at radius 2 is 2.55 bits per heavy atom. The molecular weight excluding hydrogens is 142 g/mol. The van der Waals surface area contributed by atoms with Gasteiger partial charge in [-0.25, -0.2) is 0 Å². The minimum Gasteiger partial charge on any atom is -0.376 e. The summed E-state index contributed by atoms with van der Waals surface area (Å²) < 4.78 is 0. The van der Waals surface area contributed by atoms with Gasteiger partial charge in [0.25, 0.3) is 5.91 Å². The van der Waals surface area contributed by atoms with Gasteiger partial charge in [0.1, 0.15) is 0 Å². The number of hydrogen-bond acceptors (Lipinski definition) is 3. The summed E-state index contributed by atoms with van der Waals surface area (Å²) in [7, 11) is 0. The molecule has 0 saturated heterocycles. The largest absolute Gasteiger partial charge is 0.376 e. The predicted octanol–water partition coefficient (Wildman–Crippen LogP) is -0.457. The summed E-state index contributed by atoms with van der Waals surface area (Å²) in [6, 6.07) is 0. The predicted molar refractivity (Wildman–Crippen MR) is 42.9 cm³/mol. The van der Waals surface area contributed by atoms with Crippen LogP contribution in [0.4, 0.5) is 0 Å². The fourth-order valence-electron chi connectivity index (χ4n) is 0.686. The van der Waals surface area contributed by atoms with Crippen LogP contribution in [0.25, 0.3) is 0 Å². The Balaban J connectivity index is 2.73. The third-order valence-corrected chi connectivity index (χ3v) is 1.19. The van der Waals surface area contributed by atoms with Gasteiger partial charge in [0.15, 0.2) is 0 Å². The summed E-state index contributed by atoms with van der Waals surface area (Å²) >= 11 is 0. The Morgan fingerprint density at radius 3 is 3.27 bits per heavy atom. The molecule has 4 nitrogen and oxygen atoms in total. The minimum absolute atomic E-state index is 0.410. The number of primary amides is 1. The van der Waals surface area contributed by atoms with Crippen LogP contribution in [0.5, 0.6) is 0 Å². The van der Waals surface area contributed by atoms with Crippen molar-refractivity contribution >= 4 is 12.1 Å². The smallest absolute Gasteiger partial charge is 0.264 e. The highest BCUT2D eigenvalue weighted by Gasteiger charge is 2.00. The van der Waals surface area contributed by atoms with Gasteiger partial charge in [0, 0.05) is 12.4 Å². The molecule has 0 atom stereocenters. The van der Waals surface area contributed by atoms with E-state index < -0.39 is 5.91 Å². The first-order chi connectivity index (χ1) is 5.30. The molecule has 0 radical (unpaired) electrons. The summed E-state index contributed by atoms with van der Waals surface area (Å²) in [5, 5.41) is 2.81. The molecule has 1 aliphatic heterocycles. The molecule has 0 aromatic heterocycles. The van der Waals surface area contributed by atoms with Crippen LogP contribution < -0.4 is 11.1 Å². The van der Waals surface area contributed by atoms with E-state index in [0.717, 1.165) is 0 Å². The number of rotatable bonds is 1. The van der Waals surface area contributed by atoms with Crippen LogP contribution in [0.3, 0.4) is 0 Å². The van der Waals surface area contributed by atoms with Crippen molar-refractivity contribution < 1.29 is 4.79 Å². The number of nitrogens with two attached hydrogens (primary N) is 1. The molecule has 1 aliphatic rings. The van der Waals surface area contributed by atoms with E-state index in [1.165, 1.54) is 0 Å². The second-order valence-corrected chi connectivity index (χ2v) is 2.00. The lowest BCUT2D eigenvalue weighted by atomic mass is 10.3. The number of allylic oxidation sites excluding steroid dienone is 2. The van der Waals surface area contributed by atoms with Crippen LogP contribution in [0.1, 0.15) is 0 Å². The zero-order valence-corrected chi connectivity index (χ0v) is 5.95. The molecule has 0 aromatic rings. The van der Waals surface area contributed by atoms with Crippen LogP contribution in [-0.2, 0) is 4.79 Å². The maximum absolute atomic E-state index is 10.6. The maximum Gasteiger partial charge on any atom is 0.264 e. The third-order valence-electron chi connectivity index (χ3n) is 1.19. The third kappa shape index (κ3) is 2.25. The maximum atomic E-state index is 10.6. The number of aliphatic imine (C=N–C) groups is 1. The minimum atomic E-state index is -0.454. The molecular formula is C7H9N3O. The van der Waals surface area contributed by atoms with Gasteiger partial charge in [-0.1, -0.05) is 0 Å². The molecule has 11 heavy (non-hydrogen) atoms. The van der Waals surface area contributed by atoms with Gasteiger partial charge >= 0.3 is 0 Å². The number of carbonyl (C=O) groups excluding carboxylic acids is 1. The topological polar surface area (TPSA) is 67.5 Å². The zero-order chi connectivity index (χ0) is 8.10. The number of hydrogen-bond donors (Lipinski definition) is 2. The van der Waals surface area contributed by atoms with Crippen LogP contribution in [0, 0.1) is 0 Å². The van der Waals surface area contributed by atoms with E-state index >= 15 is 0 Å². The Morgan fingerprint density at radius 1 is 1.73 bits per heavy atom. The van der Waals surface area contributed by atoms with Crippen molar-refractivity contribution in [1.29, 1.82) is 0 Å². The van der Waals surface area contributed by atoms with Crippen molar-refractivity contribution in [1.82, 2.24) is 5.32 Å². The van der Waals surface area contributed by atoms with Gasteiger partial charge in [-0.05, 0) is 12.2 Å². The van der Waals surface area contributed by atoms with E-state index in [1.807, 2.05) is 0 Å². The summed E-state index contributed by atoms with van der Waals surface area (Å²) in [5.74, 6) is -0.454. The van der Waals surface area contributed by atoms with Gasteiger partial charge in [0.05, 0.1) is 12.2 Å². The number of nitrogens with one attached hydrogen (secondary N) is 1. The van der Waals surface area contributed by atoms with Crippen molar-refractivity contribution in [3.05, 3.63) is 24.0 Å². The normalized spacial score (nSPS) is 16.2. The Labute approximate surface area is 64.5 Å². The highest BCUT2D eigenvalue weighted by atomic mass is 16.1. The van der Waals surface area contributed by atoms with Gasteiger partial charge in [-0.15, -0.1) is 0 Å². The van der Waals surface area contributed by atoms with Crippen LogP contribution >= 0.6 is 0 Å². The second-order valence-electron chi connectivity index (χ2n) is 2.00. The lowest BCUT2D eigenvalue weighted by Crippen LogP contribution is -2.27. The second kappa shape index (κ2) is 3.55. The Hall–Kier alpha value is -1.58. The molecule has 1 amide bonds. The van der Waals surface area contributed by atoms with E-state index in [2.05, 4.69) is 10.3 Å².